The molecule has 0 bridgehead atoms. The first-order valence-electron chi connectivity index (χ1n) is 6.67. The van der Waals surface area contributed by atoms with Crippen LogP contribution in [0.15, 0.2) is 0 Å². The van der Waals surface area contributed by atoms with Gasteiger partial charge in [0.25, 0.3) is 0 Å². The molecular weight excluding hydrogens is 202 g/mol. The van der Waals surface area contributed by atoms with Crippen LogP contribution in [0, 0.1) is 11.8 Å². The predicted octanol–water partition coefficient (Wildman–Crippen LogP) is 1.50. The standard InChI is InChI=1S/C13H25NO2/c1-10(2)16-9-13(15)8-14-6-12(7-14)11-4-3-5-11/h10-13,15H,3-9H2,1-2H3/t13-/m1/s1. The van der Waals surface area contributed by atoms with Crippen molar-refractivity contribution in [2.75, 3.05) is 26.2 Å². The fraction of sp³-hybridized carbons (Fsp3) is 1.00. The van der Waals surface area contributed by atoms with Crippen molar-refractivity contribution in [3.05, 3.63) is 0 Å². The third kappa shape index (κ3) is 3.19. The van der Waals surface area contributed by atoms with Crippen LogP contribution in [0.5, 0.6) is 0 Å². The average Bonchev–Trinajstić information content (AvgIpc) is 2.08. The van der Waals surface area contributed by atoms with Crippen LogP contribution in [-0.2, 0) is 4.74 Å². The first-order chi connectivity index (χ1) is 7.65. The fourth-order valence-electron chi connectivity index (χ4n) is 2.62. The molecule has 1 aliphatic heterocycles. The van der Waals surface area contributed by atoms with Crippen LogP contribution < -0.4 is 0 Å². The van der Waals surface area contributed by atoms with Gasteiger partial charge < -0.3 is 14.7 Å². The number of aliphatic hydroxyl groups is 1. The molecule has 3 nitrogen and oxygen atoms in total. The number of likely N-dealkylation sites (tertiary alicyclic amines) is 1. The highest BCUT2D eigenvalue weighted by Crippen LogP contribution is 2.37. The first kappa shape index (κ1) is 12.3. The van der Waals surface area contributed by atoms with Gasteiger partial charge in [0.15, 0.2) is 0 Å². The van der Waals surface area contributed by atoms with Crippen molar-refractivity contribution in [3.8, 4) is 0 Å². The summed E-state index contributed by atoms with van der Waals surface area (Å²) in [6, 6.07) is 0. The topological polar surface area (TPSA) is 32.7 Å². The second-order valence-electron chi connectivity index (χ2n) is 5.71. The number of aliphatic hydroxyl groups excluding tert-OH is 1. The van der Waals surface area contributed by atoms with Gasteiger partial charge in [-0.25, -0.2) is 0 Å². The van der Waals surface area contributed by atoms with Crippen LogP contribution >= 0.6 is 0 Å². The van der Waals surface area contributed by atoms with E-state index < -0.39 is 0 Å². The summed E-state index contributed by atoms with van der Waals surface area (Å²) in [5.74, 6) is 1.92. The molecule has 3 heteroatoms. The molecular formula is C13H25NO2. The normalized spacial score (nSPS) is 25.5. The van der Waals surface area contributed by atoms with Gasteiger partial charge in [0.1, 0.15) is 0 Å². The molecule has 0 radical (unpaired) electrons. The quantitative estimate of drug-likeness (QED) is 0.746. The van der Waals surface area contributed by atoms with Crippen molar-refractivity contribution >= 4 is 0 Å². The highest BCUT2D eigenvalue weighted by Gasteiger charge is 2.36. The van der Waals surface area contributed by atoms with Crippen LogP contribution in [0.2, 0.25) is 0 Å². The Hall–Kier alpha value is -0.120. The van der Waals surface area contributed by atoms with Gasteiger partial charge in [-0.2, -0.15) is 0 Å². The summed E-state index contributed by atoms with van der Waals surface area (Å²) in [5.41, 5.74) is 0. The zero-order valence-electron chi connectivity index (χ0n) is 10.6. The Kier molecular flexibility index (Phi) is 4.22. The van der Waals surface area contributed by atoms with E-state index in [1.807, 2.05) is 13.8 Å². The SMILES string of the molecule is CC(C)OC[C@H](O)CN1CC(C2CCC2)C1. The van der Waals surface area contributed by atoms with Crippen molar-refractivity contribution in [2.45, 2.75) is 45.3 Å². The van der Waals surface area contributed by atoms with E-state index in [9.17, 15) is 5.11 Å². The summed E-state index contributed by atoms with van der Waals surface area (Å²) in [6.07, 6.45) is 4.22. The van der Waals surface area contributed by atoms with E-state index in [0.29, 0.717) is 6.61 Å². The number of nitrogens with zero attached hydrogens (tertiary/aromatic N) is 1. The lowest BCUT2D eigenvalue weighted by Crippen LogP contribution is -2.53. The Bertz CT molecular complexity index is 210. The smallest absolute Gasteiger partial charge is 0.0900 e. The molecule has 2 fully saturated rings. The molecule has 0 unspecified atom stereocenters. The maximum absolute atomic E-state index is 9.76. The van der Waals surface area contributed by atoms with Crippen molar-refractivity contribution < 1.29 is 9.84 Å². The summed E-state index contributed by atoms with van der Waals surface area (Å²) >= 11 is 0. The van der Waals surface area contributed by atoms with Crippen LogP contribution in [0.3, 0.4) is 0 Å². The lowest BCUT2D eigenvalue weighted by molar-refractivity contribution is -0.0413. The van der Waals surface area contributed by atoms with E-state index in [2.05, 4.69) is 4.90 Å². The lowest BCUT2D eigenvalue weighted by Gasteiger charge is -2.47. The molecule has 1 heterocycles. The summed E-state index contributed by atoms with van der Waals surface area (Å²) in [5, 5.41) is 9.76. The van der Waals surface area contributed by atoms with Crippen LogP contribution in [0.1, 0.15) is 33.1 Å². The van der Waals surface area contributed by atoms with E-state index in [0.717, 1.165) is 18.4 Å². The maximum Gasteiger partial charge on any atom is 0.0900 e. The number of hydrogen-bond donors (Lipinski definition) is 1. The third-order valence-electron chi connectivity index (χ3n) is 3.89. The molecule has 1 atom stereocenters. The van der Waals surface area contributed by atoms with Gasteiger partial charge in [0.2, 0.25) is 0 Å². The average molecular weight is 227 g/mol. The third-order valence-corrected chi connectivity index (χ3v) is 3.89. The van der Waals surface area contributed by atoms with Gasteiger partial charge in [-0.15, -0.1) is 0 Å². The second-order valence-corrected chi connectivity index (χ2v) is 5.71. The Balaban J connectivity index is 1.54. The van der Waals surface area contributed by atoms with Crippen molar-refractivity contribution in [3.63, 3.8) is 0 Å². The first-order valence-corrected chi connectivity index (χ1v) is 6.67. The molecule has 94 valence electrons. The number of rotatable bonds is 6. The molecule has 16 heavy (non-hydrogen) atoms. The molecule has 2 rings (SSSR count). The number of ether oxygens (including phenoxy) is 1. The predicted molar refractivity (Wildman–Crippen MR) is 64.4 cm³/mol. The molecule has 1 saturated heterocycles. The fourth-order valence-corrected chi connectivity index (χ4v) is 2.62. The minimum atomic E-state index is -0.315. The molecule has 0 aromatic heterocycles. The Morgan fingerprint density at radius 3 is 2.44 bits per heavy atom. The van der Waals surface area contributed by atoms with Gasteiger partial charge in [0.05, 0.1) is 18.8 Å². The lowest BCUT2D eigenvalue weighted by atomic mass is 9.72. The Morgan fingerprint density at radius 2 is 1.94 bits per heavy atom. The minimum absolute atomic E-state index is 0.216. The van der Waals surface area contributed by atoms with Crippen molar-refractivity contribution in [1.29, 1.82) is 0 Å². The second kappa shape index (κ2) is 5.48. The van der Waals surface area contributed by atoms with E-state index in [-0.39, 0.29) is 12.2 Å². The number of β-amino-alcohol motifs (C(OH)–C–C–N with tert-alkyl or cyclic N) is 1. The van der Waals surface area contributed by atoms with Crippen LogP contribution in [-0.4, -0.2) is 48.5 Å². The van der Waals surface area contributed by atoms with E-state index in [1.54, 1.807) is 0 Å². The van der Waals surface area contributed by atoms with Crippen LogP contribution in [0.25, 0.3) is 0 Å². The summed E-state index contributed by atoms with van der Waals surface area (Å²) in [7, 11) is 0. The largest absolute Gasteiger partial charge is 0.389 e. The van der Waals surface area contributed by atoms with Gasteiger partial charge in [-0.1, -0.05) is 19.3 Å². The Labute approximate surface area is 98.8 Å². The van der Waals surface area contributed by atoms with Gasteiger partial charge >= 0.3 is 0 Å². The summed E-state index contributed by atoms with van der Waals surface area (Å²) in [6.45, 7) is 7.66. The van der Waals surface area contributed by atoms with Crippen molar-refractivity contribution in [2.24, 2.45) is 11.8 Å². The molecule has 0 spiro atoms. The summed E-state index contributed by atoms with van der Waals surface area (Å²) in [4.78, 5) is 2.36. The summed E-state index contributed by atoms with van der Waals surface area (Å²) < 4.78 is 5.40. The van der Waals surface area contributed by atoms with Gasteiger partial charge in [-0.3, -0.25) is 0 Å². The molecule has 0 amide bonds. The Morgan fingerprint density at radius 1 is 1.25 bits per heavy atom. The highest BCUT2D eigenvalue weighted by molar-refractivity contribution is 4.89. The monoisotopic (exact) mass is 227 g/mol. The zero-order valence-corrected chi connectivity index (χ0v) is 10.6. The zero-order chi connectivity index (χ0) is 11.5. The molecule has 1 aliphatic carbocycles. The highest BCUT2D eigenvalue weighted by atomic mass is 16.5. The van der Waals surface area contributed by atoms with E-state index >= 15 is 0 Å². The van der Waals surface area contributed by atoms with Gasteiger partial charge in [-0.05, 0) is 25.7 Å². The van der Waals surface area contributed by atoms with E-state index in [1.165, 1.54) is 32.4 Å². The maximum atomic E-state index is 9.76. The molecule has 1 N–H and O–H groups in total. The van der Waals surface area contributed by atoms with Crippen molar-refractivity contribution in [1.82, 2.24) is 4.90 Å². The van der Waals surface area contributed by atoms with E-state index in [4.69, 9.17) is 4.74 Å². The molecule has 0 aromatic carbocycles. The minimum Gasteiger partial charge on any atom is -0.389 e. The number of hydrogen-bond acceptors (Lipinski definition) is 3. The van der Waals surface area contributed by atoms with Crippen LogP contribution in [0.4, 0.5) is 0 Å². The molecule has 1 saturated carbocycles. The molecule has 2 aliphatic rings. The molecule has 0 aromatic rings. The van der Waals surface area contributed by atoms with Gasteiger partial charge in [0, 0.05) is 19.6 Å².